The molecule has 10 nitrogen and oxygen atoms in total. The van der Waals surface area contributed by atoms with Crippen molar-refractivity contribution in [3.05, 3.63) is 41.5 Å². The Morgan fingerprint density at radius 3 is 2.80 bits per heavy atom. The number of benzene rings is 2. The topological polar surface area (TPSA) is 105 Å². The minimum Gasteiger partial charge on any atom is -0.508 e. The highest BCUT2D eigenvalue weighted by Gasteiger charge is 2.47. The van der Waals surface area contributed by atoms with Crippen molar-refractivity contribution in [2.24, 2.45) is 5.41 Å². The Labute approximate surface area is 282 Å². The summed E-state index contributed by atoms with van der Waals surface area (Å²) in [6.07, 6.45) is 9.82. The molecule has 12 heteroatoms. The van der Waals surface area contributed by atoms with Crippen molar-refractivity contribution in [1.29, 1.82) is 0 Å². The fraction of sp³-hybridized carbons (Fsp3) is 0.486. The van der Waals surface area contributed by atoms with Gasteiger partial charge in [0.2, 0.25) is 5.88 Å². The molecule has 3 saturated heterocycles. The van der Waals surface area contributed by atoms with Crippen LogP contribution < -0.4 is 19.7 Å². The second-order valence-electron chi connectivity index (χ2n) is 15.0. The van der Waals surface area contributed by atoms with E-state index in [4.69, 9.17) is 30.6 Å². The van der Waals surface area contributed by atoms with E-state index < -0.39 is 11.6 Å². The Hall–Kier alpha value is -4.31. The highest BCUT2D eigenvalue weighted by Crippen LogP contribution is 2.48. The number of anilines is 1. The number of hydrogen-bond acceptors (Lipinski definition) is 10. The average molecular weight is 669 g/mol. The van der Waals surface area contributed by atoms with Crippen molar-refractivity contribution in [3.8, 4) is 41.2 Å². The number of aromatic nitrogens is 3. The van der Waals surface area contributed by atoms with E-state index in [1.165, 1.54) is 24.3 Å². The number of aromatic hydroxyl groups is 1. The minimum absolute atomic E-state index is 0.0125. The van der Waals surface area contributed by atoms with Crippen LogP contribution in [0.5, 0.6) is 17.6 Å². The molecular weight excluding hydrogens is 630 g/mol. The van der Waals surface area contributed by atoms with Gasteiger partial charge in [-0.3, -0.25) is 4.90 Å². The summed E-state index contributed by atoms with van der Waals surface area (Å²) in [7, 11) is 0. The van der Waals surface area contributed by atoms with E-state index >= 15 is 4.39 Å². The third kappa shape index (κ3) is 5.21. The number of nitrogens with zero attached hydrogens (tertiary/aromatic N) is 5. The first kappa shape index (κ1) is 30.7. The number of morpholine rings is 1. The molecule has 0 amide bonds. The lowest BCUT2D eigenvalue weighted by atomic mass is 9.95. The van der Waals surface area contributed by atoms with Gasteiger partial charge in [0.05, 0.1) is 30.4 Å². The van der Waals surface area contributed by atoms with Crippen LogP contribution in [0.3, 0.4) is 0 Å². The quantitative estimate of drug-likeness (QED) is 0.279. The molecule has 2 aromatic heterocycles. The van der Waals surface area contributed by atoms with Crippen LogP contribution in [0.15, 0.2) is 24.3 Å². The Balaban J connectivity index is 1.17. The molecule has 4 aromatic rings. The van der Waals surface area contributed by atoms with Gasteiger partial charge in [-0.2, -0.15) is 9.97 Å². The standard InChI is InChI=1S/C37H38F2N6O4/c1-4-23-25(38)7-5-20-13-22(46)14-24(28(20)23)31-30(39)32-29-33(45-15-21-6-8-26(40-21)27(45)16-47-34(29)41-31)43-35(42-32)48-19-37(9-10-37)18-44-11-12-49-36(2,3)17-44/h1,5,7,13-14,21,26-27,40,46H,6,8-12,15-19H2,2-3H3/t21-,26+,27-/m1/s1. The monoisotopic (exact) mass is 668 g/mol. The summed E-state index contributed by atoms with van der Waals surface area (Å²) < 4.78 is 50.8. The van der Waals surface area contributed by atoms with E-state index in [-0.39, 0.29) is 74.5 Å². The zero-order valence-corrected chi connectivity index (χ0v) is 27.6. The molecule has 49 heavy (non-hydrogen) atoms. The van der Waals surface area contributed by atoms with Crippen molar-refractivity contribution in [3.63, 3.8) is 0 Å². The van der Waals surface area contributed by atoms with Crippen molar-refractivity contribution in [2.45, 2.75) is 63.3 Å². The number of phenolic OH excluding ortho intramolecular Hbond substituents is 1. The average Bonchev–Trinajstić information content (AvgIpc) is 3.76. The Morgan fingerprint density at radius 1 is 1.14 bits per heavy atom. The molecule has 9 rings (SSSR count). The first-order valence-corrected chi connectivity index (χ1v) is 17.1. The lowest BCUT2D eigenvalue weighted by Crippen LogP contribution is -2.60. The van der Waals surface area contributed by atoms with Crippen molar-refractivity contribution < 1.29 is 28.1 Å². The summed E-state index contributed by atoms with van der Waals surface area (Å²) in [5.41, 5.74) is -0.324. The summed E-state index contributed by atoms with van der Waals surface area (Å²) in [6.45, 7) is 8.89. The normalized spacial score (nSPS) is 25.0. The molecule has 0 radical (unpaired) electrons. The van der Waals surface area contributed by atoms with Gasteiger partial charge in [0, 0.05) is 54.6 Å². The highest BCUT2D eigenvalue weighted by atomic mass is 19.1. The number of pyridine rings is 1. The number of terminal acetylenes is 1. The first-order chi connectivity index (χ1) is 23.6. The van der Waals surface area contributed by atoms with Crippen LogP contribution in [0.25, 0.3) is 32.9 Å². The molecule has 3 atom stereocenters. The fourth-order valence-corrected chi connectivity index (χ4v) is 8.38. The maximum Gasteiger partial charge on any atom is 0.319 e. The molecule has 1 saturated carbocycles. The fourth-order valence-electron chi connectivity index (χ4n) is 8.38. The SMILES string of the molecule is C#Cc1c(F)ccc2cc(O)cc(-c3nc4c5c(nc(OCC6(CN7CCOC(C)(C)C7)CC6)nc5c3F)N3C[C@H]5CC[C@H](N5)[C@H]3CO4)c12. The maximum absolute atomic E-state index is 17.1. The van der Waals surface area contributed by atoms with E-state index in [0.717, 1.165) is 45.3 Å². The molecule has 6 heterocycles. The van der Waals surface area contributed by atoms with Crippen LogP contribution in [0, 0.1) is 29.4 Å². The van der Waals surface area contributed by atoms with Gasteiger partial charge < -0.3 is 29.5 Å². The zero-order valence-electron chi connectivity index (χ0n) is 27.6. The van der Waals surface area contributed by atoms with Crippen LogP contribution in [0.4, 0.5) is 14.6 Å². The molecule has 2 N–H and O–H groups in total. The van der Waals surface area contributed by atoms with Gasteiger partial charge in [-0.25, -0.2) is 13.8 Å². The Morgan fingerprint density at radius 2 is 2.00 bits per heavy atom. The van der Waals surface area contributed by atoms with Crippen molar-refractivity contribution >= 4 is 27.5 Å². The molecular formula is C37H38F2N6O4. The summed E-state index contributed by atoms with van der Waals surface area (Å²) in [6, 6.07) is 6.01. The zero-order chi connectivity index (χ0) is 33.7. The Kier molecular flexibility index (Phi) is 6.96. The van der Waals surface area contributed by atoms with Gasteiger partial charge in [0.15, 0.2) is 5.82 Å². The van der Waals surface area contributed by atoms with Crippen LogP contribution in [0.1, 0.15) is 45.1 Å². The van der Waals surface area contributed by atoms with E-state index in [1.54, 1.807) is 0 Å². The second kappa shape index (κ2) is 11.1. The van der Waals surface area contributed by atoms with Gasteiger partial charge in [0.25, 0.3) is 0 Å². The van der Waals surface area contributed by atoms with Crippen LogP contribution in [0.2, 0.25) is 0 Å². The van der Waals surface area contributed by atoms with Crippen LogP contribution in [-0.2, 0) is 4.74 Å². The number of rotatable bonds is 6. The molecule has 4 fully saturated rings. The number of ether oxygens (including phenoxy) is 3. The number of phenols is 1. The molecule has 0 spiro atoms. The summed E-state index contributed by atoms with van der Waals surface area (Å²) in [5.74, 6) is 1.57. The van der Waals surface area contributed by atoms with Crippen LogP contribution >= 0.6 is 0 Å². The highest BCUT2D eigenvalue weighted by molar-refractivity contribution is 6.04. The van der Waals surface area contributed by atoms with E-state index in [0.29, 0.717) is 43.0 Å². The van der Waals surface area contributed by atoms with Crippen molar-refractivity contribution in [1.82, 2.24) is 25.2 Å². The predicted octanol–water partition coefficient (Wildman–Crippen LogP) is 4.78. The van der Waals surface area contributed by atoms with Gasteiger partial charge in [-0.15, -0.1) is 6.42 Å². The lowest BCUT2D eigenvalue weighted by molar-refractivity contribution is -0.0912. The van der Waals surface area contributed by atoms with E-state index in [2.05, 4.69) is 39.9 Å². The molecule has 1 aliphatic carbocycles. The third-order valence-corrected chi connectivity index (χ3v) is 10.9. The van der Waals surface area contributed by atoms with Gasteiger partial charge in [0.1, 0.15) is 40.6 Å². The van der Waals surface area contributed by atoms with Crippen molar-refractivity contribution in [2.75, 3.05) is 50.9 Å². The van der Waals surface area contributed by atoms with Gasteiger partial charge in [-0.05, 0) is 63.1 Å². The lowest BCUT2D eigenvalue weighted by Gasteiger charge is -2.40. The van der Waals surface area contributed by atoms with Gasteiger partial charge in [-0.1, -0.05) is 12.0 Å². The minimum atomic E-state index is -0.761. The molecule has 2 bridgehead atoms. The molecule has 5 aliphatic rings. The molecule has 4 aliphatic heterocycles. The number of hydrogen-bond donors (Lipinski definition) is 2. The summed E-state index contributed by atoms with van der Waals surface area (Å²) in [5, 5.41) is 15.4. The summed E-state index contributed by atoms with van der Waals surface area (Å²) >= 11 is 0. The largest absolute Gasteiger partial charge is 0.508 e. The first-order valence-electron chi connectivity index (χ1n) is 17.1. The predicted molar refractivity (Wildman–Crippen MR) is 180 cm³/mol. The maximum atomic E-state index is 17.1. The smallest absolute Gasteiger partial charge is 0.319 e. The Bertz CT molecular complexity index is 2060. The third-order valence-electron chi connectivity index (χ3n) is 10.9. The van der Waals surface area contributed by atoms with E-state index in [9.17, 15) is 9.50 Å². The molecule has 2 aromatic carbocycles. The molecule has 0 unspecified atom stereocenters. The second-order valence-corrected chi connectivity index (χ2v) is 15.0. The van der Waals surface area contributed by atoms with E-state index in [1.807, 2.05) is 0 Å². The number of fused-ring (bicyclic) bond motifs is 6. The number of piperazine rings is 1. The number of halogens is 2. The summed E-state index contributed by atoms with van der Waals surface area (Å²) in [4.78, 5) is 19.0. The molecule has 254 valence electrons. The number of nitrogens with one attached hydrogen (secondary N) is 1. The van der Waals surface area contributed by atoms with Crippen LogP contribution in [-0.4, -0.2) is 94.7 Å². The van der Waals surface area contributed by atoms with Gasteiger partial charge >= 0.3 is 6.01 Å².